The number of hydrogen-bond acceptors (Lipinski definition) is 4. The van der Waals surface area contributed by atoms with E-state index in [1.54, 1.807) is 4.90 Å². The van der Waals surface area contributed by atoms with Crippen molar-refractivity contribution in [2.45, 2.75) is 38.5 Å². The van der Waals surface area contributed by atoms with Crippen molar-refractivity contribution in [3.05, 3.63) is 40.9 Å². The Morgan fingerprint density at radius 1 is 1.36 bits per heavy atom. The molecule has 1 aliphatic carbocycles. The van der Waals surface area contributed by atoms with Gasteiger partial charge >= 0.3 is 0 Å². The van der Waals surface area contributed by atoms with Gasteiger partial charge in [0.15, 0.2) is 5.13 Å². The number of benzene rings is 1. The third-order valence-electron chi connectivity index (χ3n) is 4.91. The summed E-state index contributed by atoms with van der Waals surface area (Å²) in [7, 11) is 0. The number of amides is 2. The topological polar surface area (TPSA) is 62.3 Å². The average molecular weight is 355 g/mol. The number of nitrogens with one attached hydrogen (secondary N) is 1. The zero-order valence-electron chi connectivity index (χ0n) is 14.2. The van der Waals surface area contributed by atoms with E-state index in [4.69, 9.17) is 0 Å². The molecule has 1 atom stereocenters. The van der Waals surface area contributed by atoms with Crippen molar-refractivity contribution in [1.82, 2.24) is 4.98 Å². The fourth-order valence-electron chi connectivity index (χ4n) is 3.31. The summed E-state index contributed by atoms with van der Waals surface area (Å²) in [5.74, 6) is 0.155. The summed E-state index contributed by atoms with van der Waals surface area (Å²) in [4.78, 5) is 31.3. The van der Waals surface area contributed by atoms with Gasteiger partial charge in [-0.05, 0) is 30.9 Å². The molecule has 0 spiro atoms. The number of carbonyl (C=O) groups is 2. The molecule has 2 aromatic rings. The lowest BCUT2D eigenvalue weighted by Gasteiger charge is -2.19. The molecule has 1 aliphatic heterocycles. The van der Waals surface area contributed by atoms with Gasteiger partial charge < -0.3 is 10.2 Å². The number of rotatable bonds is 5. The van der Waals surface area contributed by atoms with E-state index in [2.05, 4.69) is 17.2 Å². The zero-order chi connectivity index (χ0) is 17.4. The second-order valence-corrected chi connectivity index (χ2v) is 7.59. The molecule has 2 aliphatic rings. The van der Waals surface area contributed by atoms with Crippen LogP contribution in [0.2, 0.25) is 0 Å². The van der Waals surface area contributed by atoms with Crippen LogP contribution in [0, 0.1) is 5.92 Å². The van der Waals surface area contributed by atoms with Crippen LogP contribution < -0.4 is 10.2 Å². The van der Waals surface area contributed by atoms with E-state index < -0.39 is 0 Å². The molecule has 0 radical (unpaired) electrons. The lowest BCUT2D eigenvalue weighted by molar-refractivity contribution is -0.122. The van der Waals surface area contributed by atoms with Gasteiger partial charge in [-0.1, -0.05) is 25.1 Å². The summed E-state index contributed by atoms with van der Waals surface area (Å²) in [5.41, 5.74) is 3.14. The quantitative estimate of drug-likeness (QED) is 0.892. The molecular formula is C19H21N3O2S. The van der Waals surface area contributed by atoms with Crippen molar-refractivity contribution in [2.24, 2.45) is 5.92 Å². The maximum atomic E-state index is 12.6. The maximum absolute atomic E-state index is 12.6. The highest BCUT2D eigenvalue weighted by molar-refractivity contribution is 7.13. The van der Waals surface area contributed by atoms with E-state index in [9.17, 15) is 9.59 Å². The van der Waals surface area contributed by atoms with Crippen molar-refractivity contribution < 1.29 is 9.59 Å². The van der Waals surface area contributed by atoms with Crippen LogP contribution >= 0.6 is 11.3 Å². The maximum Gasteiger partial charge on any atom is 0.231 e. The summed E-state index contributed by atoms with van der Waals surface area (Å²) in [6.45, 7) is 2.51. The number of aromatic nitrogens is 1. The molecule has 130 valence electrons. The van der Waals surface area contributed by atoms with E-state index in [0.29, 0.717) is 17.6 Å². The van der Waals surface area contributed by atoms with Gasteiger partial charge in [-0.2, -0.15) is 0 Å². The molecule has 1 saturated heterocycles. The Morgan fingerprint density at radius 3 is 2.92 bits per heavy atom. The molecule has 0 bridgehead atoms. The monoisotopic (exact) mass is 355 g/mol. The molecule has 5 nitrogen and oxygen atoms in total. The van der Waals surface area contributed by atoms with Gasteiger partial charge in [0.1, 0.15) is 0 Å². The van der Waals surface area contributed by atoms with Gasteiger partial charge in [-0.15, -0.1) is 11.3 Å². The number of anilines is 2. The van der Waals surface area contributed by atoms with E-state index in [-0.39, 0.29) is 24.2 Å². The van der Waals surface area contributed by atoms with Crippen LogP contribution in [0.3, 0.4) is 0 Å². The predicted molar refractivity (Wildman–Crippen MR) is 99.0 cm³/mol. The standard InChI is InChI=1S/C19H21N3O2S/c1-2-12-5-3-4-6-16(12)22-10-14(9-17(22)23)18(24)21-19-20-15(11-25-19)13-7-8-13/h3-6,11,13-14H,2,7-10H2,1H3,(H,20,21,24). The molecule has 1 unspecified atom stereocenters. The third kappa shape index (κ3) is 3.31. The Morgan fingerprint density at radius 2 is 2.16 bits per heavy atom. The number of aryl methyl sites for hydroxylation is 1. The number of carbonyl (C=O) groups excluding carboxylic acids is 2. The highest BCUT2D eigenvalue weighted by Crippen LogP contribution is 2.41. The first kappa shape index (κ1) is 16.3. The minimum Gasteiger partial charge on any atom is -0.311 e. The molecule has 1 aromatic heterocycles. The van der Waals surface area contributed by atoms with E-state index in [1.165, 1.54) is 24.2 Å². The number of hydrogen-bond donors (Lipinski definition) is 1. The van der Waals surface area contributed by atoms with Gasteiger partial charge in [0.2, 0.25) is 11.8 Å². The number of nitrogens with zero attached hydrogens (tertiary/aromatic N) is 2. The van der Waals surface area contributed by atoms with Crippen molar-refractivity contribution in [1.29, 1.82) is 0 Å². The fourth-order valence-corrected chi connectivity index (χ4v) is 4.10. The highest BCUT2D eigenvalue weighted by atomic mass is 32.1. The Labute approximate surface area is 151 Å². The van der Waals surface area contributed by atoms with E-state index in [0.717, 1.165) is 23.4 Å². The molecule has 2 fully saturated rings. The van der Waals surface area contributed by atoms with Gasteiger partial charge in [0.05, 0.1) is 11.6 Å². The molecule has 1 aromatic carbocycles. The van der Waals surface area contributed by atoms with Crippen LogP contribution in [-0.2, 0) is 16.0 Å². The second kappa shape index (κ2) is 6.59. The normalized spacial score (nSPS) is 20.1. The second-order valence-electron chi connectivity index (χ2n) is 6.73. The molecular weight excluding hydrogens is 334 g/mol. The third-order valence-corrected chi connectivity index (χ3v) is 5.68. The Hall–Kier alpha value is -2.21. The van der Waals surface area contributed by atoms with Crippen LogP contribution in [0.1, 0.15) is 43.4 Å². The summed E-state index contributed by atoms with van der Waals surface area (Å²) in [6, 6.07) is 7.90. The van der Waals surface area contributed by atoms with Gasteiger partial charge in [0.25, 0.3) is 0 Å². The number of para-hydroxylation sites is 1. The minimum atomic E-state index is -0.328. The van der Waals surface area contributed by atoms with E-state index in [1.807, 2.05) is 29.6 Å². The Balaban J connectivity index is 1.44. The molecule has 1 saturated carbocycles. The highest BCUT2D eigenvalue weighted by Gasteiger charge is 2.36. The first-order valence-corrected chi connectivity index (χ1v) is 9.68. The van der Waals surface area contributed by atoms with Crippen molar-refractivity contribution in [3.63, 3.8) is 0 Å². The molecule has 25 heavy (non-hydrogen) atoms. The smallest absolute Gasteiger partial charge is 0.231 e. The largest absolute Gasteiger partial charge is 0.311 e. The molecule has 2 heterocycles. The van der Waals surface area contributed by atoms with Crippen LogP contribution in [-0.4, -0.2) is 23.3 Å². The molecule has 6 heteroatoms. The van der Waals surface area contributed by atoms with Crippen LogP contribution in [0.5, 0.6) is 0 Å². The first-order valence-electron chi connectivity index (χ1n) is 8.80. The minimum absolute atomic E-state index is 0.0128. The average Bonchev–Trinajstić information content (AvgIpc) is 3.25. The molecule has 4 rings (SSSR count). The Bertz CT molecular complexity index is 813. The van der Waals surface area contributed by atoms with Crippen molar-refractivity contribution >= 4 is 34.0 Å². The van der Waals surface area contributed by atoms with Crippen LogP contribution in [0.25, 0.3) is 0 Å². The van der Waals surface area contributed by atoms with Gasteiger partial charge in [0, 0.05) is 30.0 Å². The first-order chi connectivity index (χ1) is 12.2. The summed E-state index contributed by atoms with van der Waals surface area (Å²) >= 11 is 1.47. The number of thiazole rings is 1. The fraction of sp³-hybridized carbons (Fsp3) is 0.421. The summed E-state index contributed by atoms with van der Waals surface area (Å²) in [5, 5.41) is 5.57. The lowest BCUT2D eigenvalue weighted by Crippen LogP contribution is -2.28. The predicted octanol–water partition coefficient (Wildman–Crippen LogP) is 3.57. The van der Waals surface area contributed by atoms with Crippen molar-refractivity contribution in [3.8, 4) is 0 Å². The summed E-state index contributed by atoms with van der Waals surface area (Å²) < 4.78 is 0. The van der Waals surface area contributed by atoms with E-state index >= 15 is 0 Å². The lowest BCUT2D eigenvalue weighted by atomic mass is 10.1. The van der Waals surface area contributed by atoms with Crippen LogP contribution in [0.15, 0.2) is 29.6 Å². The Kier molecular flexibility index (Phi) is 4.29. The molecule has 1 N–H and O–H groups in total. The zero-order valence-corrected chi connectivity index (χ0v) is 15.0. The molecule has 2 amide bonds. The summed E-state index contributed by atoms with van der Waals surface area (Å²) in [6.07, 6.45) is 3.50. The van der Waals surface area contributed by atoms with Gasteiger partial charge in [-0.3, -0.25) is 9.59 Å². The van der Waals surface area contributed by atoms with Crippen molar-refractivity contribution in [2.75, 3.05) is 16.8 Å². The van der Waals surface area contributed by atoms with Gasteiger partial charge in [-0.25, -0.2) is 4.98 Å². The van der Waals surface area contributed by atoms with Crippen LogP contribution in [0.4, 0.5) is 10.8 Å². The SMILES string of the molecule is CCc1ccccc1N1CC(C(=O)Nc2nc(C3CC3)cs2)CC1=O.